The number of hydrogen-bond donors (Lipinski definition) is 1. The van der Waals surface area contributed by atoms with E-state index in [0.29, 0.717) is 0 Å². The molecule has 0 amide bonds. The molecule has 0 aliphatic rings. The van der Waals surface area contributed by atoms with Crippen molar-refractivity contribution in [1.29, 1.82) is 0 Å². The maximum Gasteiger partial charge on any atom is 0.291 e. The molecule has 55 valence electrons. The van der Waals surface area contributed by atoms with Crippen molar-refractivity contribution in [2.75, 3.05) is 0 Å². The van der Waals surface area contributed by atoms with Crippen LogP contribution >= 0.6 is 0 Å². The van der Waals surface area contributed by atoms with Gasteiger partial charge in [-0.2, -0.15) is 0 Å². The SMILES string of the molecule is O.O.O.O=[N+]([O-])O.[Mn]. The van der Waals surface area contributed by atoms with Crippen LogP contribution in [0.1, 0.15) is 0 Å². The van der Waals surface area contributed by atoms with E-state index in [-0.39, 0.29) is 33.5 Å². The molecule has 0 fully saturated rings. The minimum atomic E-state index is -1.50. The Balaban J connectivity index is -0.00000000750. The van der Waals surface area contributed by atoms with Crippen molar-refractivity contribution in [2.24, 2.45) is 0 Å². The molecule has 0 aromatic carbocycles. The van der Waals surface area contributed by atoms with Crippen LogP contribution in [0.5, 0.6) is 0 Å². The van der Waals surface area contributed by atoms with Gasteiger partial charge in [0.05, 0.1) is 0 Å². The summed E-state index contributed by atoms with van der Waals surface area (Å²) in [5.41, 5.74) is 0. The third-order valence-electron chi connectivity index (χ3n) is 0. The maximum absolute atomic E-state index is 8.36. The van der Waals surface area contributed by atoms with Crippen molar-refractivity contribution in [3.8, 4) is 0 Å². The Morgan fingerprint density at radius 3 is 1.25 bits per heavy atom. The van der Waals surface area contributed by atoms with E-state index in [1.165, 1.54) is 0 Å². The summed E-state index contributed by atoms with van der Waals surface area (Å²) in [5, 5.41) is 13.6. The first-order valence-corrected chi connectivity index (χ1v) is 0.565. The van der Waals surface area contributed by atoms with E-state index in [9.17, 15) is 0 Å². The van der Waals surface area contributed by atoms with E-state index < -0.39 is 5.09 Å². The molecule has 0 heterocycles. The zero-order valence-corrected chi connectivity index (χ0v) is 4.77. The molecule has 7 N–H and O–H groups in total. The third kappa shape index (κ3) is 738. The topological polar surface area (TPSA) is 158 Å². The fourth-order valence-electron chi connectivity index (χ4n) is 0. The van der Waals surface area contributed by atoms with E-state index >= 15 is 0 Å². The molecule has 0 rings (SSSR count). The molecular formula is H7MnNO6. The zero-order valence-electron chi connectivity index (χ0n) is 3.59. The van der Waals surface area contributed by atoms with Crippen LogP contribution in [0.3, 0.4) is 0 Å². The summed E-state index contributed by atoms with van der Waals surface area (Å²) in [6.07, 6.45) is 0. The summed E-state index contributed by atoms with van der Waals surface area (Å²) < 4.78 is 0. The number of rotatable bonds is 0. The van der Waals surface area contributed by atoms with Crippen molar-refractivity contribution in [2.45, 2.75) is 0 Å². The average molecular weight is 172 g/mol. The van der Waals surface area contributed by atoms with Crippen LogP contribution in [0, 0.1) is 10.1 Å². The monoisotopic (exact) mass is 172 g/mol. The molecule has 0 aromatic rings. The second kappa shape index (κ2) is 30.6. The van der Waals surface area contributed by atoms with Gasteiger partial charge in [0, 0.05) is 17.1 Å². The van der Waals surface area contributed by atoms with Crippen LogP contribution in [0.25, 0.3) is 0 Å². The number of hydrogen-bond acceptors (Lipinski definition) is 2. The second-order valence-electron chi connectivity index (χ2n) is 0.238. The van der Waals surface area contributed by atoms with Crippen LogP contribution in [0.15, 0.2) is 0 Å². The first kappa shape index (κ1) is 49.0. The molecule has 0 saturated heterocycles. The quantitative estimate of drug-likeness (QED) is 0.237. The Bertz CT molecular complexity index is 31.5. The molecule has 1 radical (unpaired) electrons. The van der Waals surface area contributed by atoms with E-state index in [0.717, 1.165) is 0 Å². The fourth-order valence-corrected chi connectivity index (χ4v) is 0. The molecule has 0 unspecified atom stereocenters. The molecular weight excluding hydrogens is 165 g/mol. The standard InChI is InChI=1S/Mn.HNO3.3H2O/c;2-1(3)4;;;/h;(H,2,3,4);3*1H2. The molecule has 8 heteroatoms. The van der Waals surface area contributed by atoms with Gasteiger partial charge in [-0.1, -0.05) is 0 Å². The molecule has 7 nitrogen and oxygen atoms in total. The molecule has 0 aromatic heterocycles. The van der Waals surface area contributed by atoms with Gasteiger partial charge in [0.2, 0.25) is 0 Å². The maximum atomic E-state index is 8.36. The average Bonchev–Trinajstić information content (AvgIpc) is 0.811. The van der Waals surface area contributed by atoms with Gasteiger partial charge in [-0.05, 0) is 0 Å². The van der Waals surface area contributed by atoms with Crippen LogP contribution in [0.2, 0.25) is 0 Å². The van der Waals surface area contributed by atoms with Gasteiger partial charge >= 0.3 is 0 Å². The van der Waals surface area contributed by atoms with Crippen LogP contribution in [-0.2, 0) is 17.1 Å². The van der Waals surface area contributed by atoms with Crippen molar-refractivity contribution in [3.05, 3.63) is 10.1 Å². The van der Waals surface area contributed by atoms with Gasteiger partial charge in [-0.3, -0.25) is 0 Å². The van der Waals surface area contributed by atoms with Gasteiger partial charge in [0.25, 0.3) is 5.09 Å². The van der Waals surface area contributed by atoms with E-state index in [1.807, 2.05) is 0 Å². The minimum Gasteiger partial charge on any atom is -0.412 e. The Morgan fingerprint density at radius 1 is 1.25 bits per heavy atom. The molecule has 0 saturated carbocycles. The Kier molecular flexibility index (Phi) is 187. The van der Waals surface area contributed by atoms with Crippen LogP contribution < -0.4 is 0 Å². The largest absolute Gasteiger partial charge is 0.412 e. The summed E-state index contributed by atoms with van der Waals surface area (Å²) in [5.74, 6) is 0. The smallest absolute Gasteiger partial charge is 0.291 e. The first-order valence-electron chi connectivity index (χ1n) is 0.565. The molecule has 0 spiro atoms. The number of nitrogens with zero attached hydrogens (tertiary/aromatic N) is 1. The fraction of sp³-hybridized carbons (Fsp3) is 0. The predicted octanol–water partition coefficient (Wildman–Crippen LogP) is -2.82. The van der Waals surface area contributed by atoms with Crippen LogP contribution in [0.4, 0.5) is 0 Å². The van der Waals surface area contributed by atoms with Crippen LogP contribution in [-0.4, -0.2) is 26.7 Å². The normalized spacial score (nSPS) is 3.00. The van der Waals surface area contributed by atoms with Gasteiger partial charge in [0.1, 0.15) is 0 Å². The minimum absolute atomic E-state index is 0. The van der Waals surface area contributed by atoms with Gasteiger partial charge in [-0.25, -0.2) is 0 Å². The molecule has 8 heavy (non-hydrogen) atoms. The van der Waals surface area contributed by atoms with Crippen molar-refractivity contribution in [3.63, 3.8) is 0 Å². The summed E-state index contributed by atoms with van der Waals surface area (Å²) in [4.78, 5) is 8.36. The predicted molar refractivity (Wildman–Crippen MR) is 19.6 cm³/mol. The van der Waals surface area contributed by atoms with Gasteiger partial charge in [0.15, 0.2) is 0 Å². The van der Waals surface area contributed by atoms with E-state index in [1.54, 1.807) is 0 Å². The summed E-state index contributed by atoms with van der Waals surface area (Å²) in [6, 6.07) is 0. The van der Waals surface area contributed by atoms with E-state index in [2.05, 4.69) is 0 Å². The molecule has 0 aliphatic heterocycles. The van der Waals surface area contributed by atoms with Crippen molar-refractivity contribution < 1.29 is 43.8 Å². The Morgan fingerprint density at radius 2 is 1.25 bits per heavy atom. The summed E-state index contributed by atoms with van der Waals surface area (Å²) in [7, 11) is 0. The van der Waals surface area contributed by atoms with Gasteiger partial charge < -0.3 is 21.6 Å². The van der Waals surface area contributed by atoms with E-state index in [4.69, 9.17) is 15.3 Å². The van der Waals surface area contributed by atoms with Gasteiger partial charge in [-0.15, -0.1) is 10.1 Å². The molecule has 0 atom stereocenters. The molecule has 0 aliphatic carbocycles. The summed E-state index contributed by atoms with van der Waals surface area (Å²) >= 11 is 0. The Labute approximate surface area is 54.8 Å². The zero-order chi connectivity index (χ0) is 3.58. The molecule has 0 bridgehead atoms. The summed E-state index contributed by atoms with van der Waals surface area (Å²) in [6.45, 7) is 0. The Hall–Kier alpha value is -0.401. The second-order valence-corrected chi connectivity index (χ2v) is 0.238. The first-order chi connectivity index (χ1) is 1.73. The third-order valence-corrected chi connectivity index (χ3v) is 0. The van der Waals surface area contributed by atoms with Crippen molar-refractivity contribution >= 4 is 0 Å². The van der Waals surface area contributed by atoms with Crippen molar-refractivity contribution in [1.82, 2.24) is 0 Å².